The van der Waals surface area contributed by atoms with Crippen LogP contribution in [0.25, 0.3) is 0 Å². The number of rotatable bonds is 5. The standard InChI is InChI=1S/C12H26N2O/c1-9(2)12(15)7-13-11-5-6-14(8-11)10(3)4/h9-13,15H,5-8H2,1-4H3. The van der Waals surface area contributed by atoms with E-state index in [1.54, 1.807) is 0 Å². The van der Waals surface area contributed by atoms with E-state index < -0.39 is 0 Å². The molecule has 1 rings (SSSR count). The van der Waals surface area contributed by atoms with Gasteiger partial charge in [0.1, 0.15) is 0 Å². The number of aliphatic hydroxyl groups excluding tert-OH is 1. The number of nitrogens with zero attached hydrogens (tertiary/aromatic N) is 1. The fourth-order valence-corrected chi connectivity index (χ4v) is 1.95. The lowest BCUT2D eigenvalue weighted by Crippen LogP contribution is -2.40. The molecular weight excluding hydrogens is 188 g/mol. The smallest absolute Gasteiger partial charge is 0.0687 e. The molecule has 1 aliphatic heterocycles. The second-order valence-electron chi connectivity index (χ2n) is 5.29. The highest BCUT2D eigenvalue weighted by Gasteiger charge is 2.24. The molecule has 0 bridgehead atoms. The van der Waals surface area contributed by atoms with E-state index in [1.807, 2.05) is 0 Å². The second-order valence-corrected chi connectivity index (χ2v) is 5.29. The van der Waals surface area contributed by atoms with Gasteiger partial charge in [-0.25, -0.2) is 0 Å². The van der Waals surface area contributed by atoms with E-state index in [9.17, 15) is 5.11 Å². The minimum absolute atomic E-state index is 0.210. The SMILES string of the molecule is CC(C)C(O)CNC1CCN(C(C)C)C1. The summed E-state index contributed by atoms with van der Waals surface area (Å²) in [5, 5.41) is 13.1. The summed E-state index contributed by atoms with van der Waals surface area (Å²) in [4.78, 5) is 2.49. The molecule has 1 saturated heterocycles. The monoisotopic (exact) mass is 214 g/mol. The average Bonchev–Trinajstić information content (AvgIpc) is 2.62. The molecule has 2 N–H and O–H groups in total. The molecular formula is C12H26N2O. The van der Waals surface area contributed by atoms with E-state index in [1.165, 1.54) is 13.0 Å². The first-order valence-electron chi connectivity index (χ1n) is 6.16. The first-order valence-corrected chi connectivity index (χ1v) is 6.16. The van der Waals surface area contributed by atoms with Crippen molar-refractivity contribution in [3.8, 4) is 0 Å². The third-order valence-corrected chi connectivity index (χ3v) is 3.34. The highest BCUT2D eigenvalue weighted by atomic mass is 16.3. The van der Waals surface area contributed by atoms with Crippen molar-refractivity contribution in [3.05, 3.63) is 0 Å². The van der Waals surface area contributed by atoms with Crippen molar-refractivity contribution in [2.24, 2.45) is 5.92 Å². The maximum atomic E-state index is 9.69. The zero-order valence-electron chi connectivity index (χ0n) is 10.5. The molecule has 3 nitrogen and oxygen atoms in total. The van der Waals surface area contributed by atoms with Crippen LogP contribution in [0, 0.1) is 5.92 Å². The van der Waals surface area contributed by atoms with Crippen LogP contribution in [0.5, 0.6) is 0 Å². The van der Waals surface area contributed by atoms with E-state index in [0.717, 1.165) is 13.1 Å². The summed E-state index contributed by atoms with van der Waals surface area (Å²) in [6.45, 7) is 11.6. The quantitative estimate of drug-likeness (QED) is 0.719. The number of likely N-dealkylation sites (tertiary alicyclic amines) is 1. The molecule has 3 heteroatoms. The predicted molar refractivity (Wildman–Crippen MR) is 64.0 cm³/mol. The van der Waals surface area contributed by atoms with Crippen LogP contribution in [0.15, 0.2) is 0 Å². The Bertz CT molecular complexity index is 182. The Hall–Kier alpha value is -0.120. The van der Waals surface area contributed by atoms with Gasteiger partial charge in [-0.05, 0) is 32.7 Å². The average molecular weight is 214 g/mol. The van der Waals surface area contributed by atoms with Crippen LogP contribution in [0.2, 0.25) is 0 Å². The predicted octanol–water partition coefficient (Wildman–Crippen LogP) is 1.08. The lowest BCUT2D eigenvalue weighted by Gasteiger charge is -2.22. The largest absolute Gasteiger partial charge is 0.392 e. The zero-order valence-corrected chi connectivity index (χ0v) is 10.5. The van der Waals surface area contributed by atoms with Crippen molar-refractivity contribution in [3.63, 3.8) is 0 Å². The Morgan fingerprint density at radius 3 is 2.47 bits per heavy atom. The van der Waals surface area contributed by atoms with Gasteiger partial charge in [-0.15, -0.1) is 0 Å². The summed E-state index contributed by atoms with van der Waals surface area (Å²) < 4.78 is 0. The topological polar surface area (TPSA) is 35.5 Å². The highest BCUT2D eigenvalue weighted by Crippen LogP contribution is 2.12. The highest BCUT2D eigenvalue weighted by molar-refractivity contribution is 4.83. The fourth-order valence-electron chi connectivity index (χ4n) is 1.95. The van der Waals surface area contributed by atoms with Crippen molar-refractivity contribution < 1.29 is 5.11 Å². The van der Waals surface area contributed by atoms with E-state index in [0.29, 0.717) is 18.0 Å². The molecule has 0 amide bonds. The molecule has 1 heterocycles. The van der Waals surface area contributed by atoms with Crippen LogP contribution in [-0.4, -0.2) is 47.8 Å². The lowest BCUT2D eigenvalue weighted by molar-refractivity contribution is 0.120. The van der Waals surface area contributed by atoms with Gasteiger partial charge < -0.3 is 10.4 Å². The van der Waals surface area contributed by atoms with Gasteiger partial charge in [0.25, 0.3) is 0 Å². The summed E-state index contributed by atoms with van der Waals surface area (Å²) >= 11 is 0. The fraction of sp³-hybridized carbons (Fsp3) is 1.00. The number of hydrogen-bond donors (Lipinski definition) is 2. The number of nitrogens with one attached hydrogen (secondary N) is 1. The third-order valence-electron chi connectivity index (χ3n) is 3.34. The van der Waals surface area contributed by atoms with E-state index in [-0.39, 0.29) is 6.10 Å². The van der Waals surface area contributed by atoms with Crippen molar-refractivity contribution in [2.45, 2.75) is 52.3 Å². The molecule has 2 unspecified atom stereocenters. The van der Waals surface area contributed by atoms with Crippen LogP contribution in [0.1, 0.15) is 34.1 Å². The Labute approximate surface area is 93.9 Å². The van der Waals surface area contributed by atoms with Crippen LogP contribution in [-0.2, 0) is 0 Å². The van der Waals surface area contributed by atoms with Gasteiger partial charge in [0, 0.05) is 25.2 Å². The molecule has 0 aromatic heterocycles. The first kappa shape index (κ1) is 12.9. The minimum Gasteiger partial charge on any atom is -0.392 e. The van der Waals surface area contributed by atoms with Gasteiger partial charge >= 0.3 is 0 Å². The summed E-state index contributed by atoms with van der Waals surface area (Å²) in [5.74, 6) is 0.347. The normalized spacial score (nSPS) is 25.4. The summed E-state index contributed by atoms with van der Waals surface area (Å²) in [5.41, 5.74) is 0. The Kier molecular flexibility index (Phi) is 5.03. The first-order chi connectivity index (χ1) is 7.00. The van der Waals surface area contributed by atoms with E-state index in [4.69, 9.17) is 0 Å². The number of aliphatic hydroxyl groups is 1. The van der Waals surface area contributed by atoms with Crippen molar-refractivity contribution >= 4 is 0 Å². The maximum absolute atomic E-state index is 9.69. The molecule has 0 aromatic carbocycles. The molecule has 90 valence electrons. The van der Waals surface area contributed by atoms with Gasteiger partial charge in [0.15, 0.2) is 0 Å². The molecule has 15 heavy (non-hydrogen) atoms. The molecule has 0 aromatic rings. The maximum Gasteiger partial charge on any atom is 0.0687 e. The molecule has 0 saturated carbocycles. The van der Waals surface area contributed by atoms with Gasteiger partial charge in [-0.3, -0.25) is 4.90 Å². The van der Waals surface area contributed by atoms with E-state index >= 15 is 0 Å². The van der Waals surface area contributed by atoms with Gasteiger partial charge in [0.05, 0.1) is 6.10 Å². The zero-order chi connectivity index (χ0) is 11.4. The summed E-state index contributed by atoms with van der Waals surface area (Å²) in [6.07, 6.45) is 1.00. The third kappa shape index (κ3) is 4.09. The Balaban J connectivity index is 2.19. The molecule has 0 spiro atoms. The lowest BCUT2D eigenvalue weighted by atomic mass is 10.1. The van der Waals surface area contributed by atoms with Crippen molar-refractivity contribution in [2.75, 3.05) is 19.6 Å². The Morgan fingerprint density at radius 1 is 1.33 bits per heavy atom. The molecule has 0 radical (unpaired) electrons. The molecule has 0 aliphatic carbocycles. The summed E-state index contributed by atoms with van der Waals surface area (Å²) in [7, 11) is 0. The van der Waals surface area contributed by atoms with Crippen molar-refractivity contribution in [1.29, 1.82) is 0 Å². The van der Waals surface area contributed by atoms with Crippen LogP contribution in [0.4, 0.5) is 0 Å². The van der Waals surface area contributed by atoms with Crippen LogP contribution < -0.4 is 5.32 Å². The van der Waals surface area contributed by atoms with Crippen molar-refractivity contribution in [1.82, 2.24) is 10.2 Å². The van der Waals surface area contributed by atoms with Gasteiger partial charge in [-0.1, -0.05) is 13.8 Å². The minimum atomic E-state index is -0.210. The Morgan fingerprint density at radius 2 is 2.00 bits per heavy atom. The molecule has 2 atom stereocenters. The molecule has 1 aliphatic rings. The van der Waals surface area contributed by atoms with Crippen LogP contribution in [0.3, 0.4) is 0 Å². The molecule has 1 fully saturated rings. The number of hydrogen-bond acceptors (Lipinski definition) is 3. The van der Waals surface area contributed by atoms with Gasteiger partial charge in [-0.2, -0.15) is 0 Å². The second kappa shape index (κ2) is 5.83. The van der Waals surface area contributed by atoms with Crippen LogP contribution >= 0.6 is 0 Å². The van der Waals surface area contributed by atoms with Gasteiger partial charge in [0.2, 0.25) is 0 Å². The summed E-state index contributed by atoms with van der Waals surface area (Å²) in [6, 6.07) is 1.22. The van der Waals surface area contributed by atoms with E-state index in [2.05, 4.69) is 37.9 Å².